The van der Waals surface area contributed by atoms with Crippen LogP contribution in [0.15, 0.2) is 0 Å². The molecule has 0 aromatic rings. The van der Waals surface area contributed by atoms with Crippen molar-refractivity contribution in [2.24, 2.45) is 5.92 Å². The van der Waals surface area contributed by atoms with Crippen LogP contribution in [-0.4, -0.2) is 18.9 Å². The highest BCUT2D eigenvalue weighted by atomic mass is 16.1. The molecule has 1 aliphatic rings. The van der Waals surface area contributed by atoms with Crippen LogP contribution in [0.1, 0.15) is 19.8 Å². The number of hydrogen-bond acceptors (Lipinski definition) is 2. The Labute approximate surface area is 55.6 Å². The number of hydrogen-bond donors (Lipinski definition) is 1. The fourth-order valence-electron chi connectivity index (χ4n) is 1.07. The van der Waals surface area contributed by atoms with Crippen molar-refractivity contribution in [3.05, 3.63) is 0 Å². The number of carbonyl (C=O) groups is 1. The van der Waals surface area contributed by atoms with Gasteiger partial charge >= 0.3 is 0 Å². The third kappa shape index (κ3) is 1.79. The molecule has 2 nitrogen and oxygen atoms in total. The summed E-state index contributed by atoms with van der Waals surface area (Å²) in [6, 6.07) is 0. The molecule has 0 radical (unpaired) electrons. The van der Waals surface area contributed by atoms with E-state index in [2.05, 4.69) is 5.32 Å². The van der Waals surface area contributed by atoms with Gasteiger partial charge in [0.1, 0.15) is 5.78 Å². The van der Waals surface area contributed by atoms with E-state index in [-0.39, 0.29) is 5.92 Å². The zero-order valence-corrected chi connectivity index (χ0v) is 5.81. The minimum Gasteiger partial charge on any atom is -0.316 e. The summed E-state index contributed by atoms with van der Waals surface area (Å²) in [7, 11) is 0. The van der Waals surface area contributed by atoms with Crippen LogP contribution in [0.3, 0.4) is 0 Å². The molecule has 1 N–H and O–H groups in total. The molecule has 0 aromatic carbocycles. The maximum atomic E-state index is 11.0. The Hall–Kier alpha value is -0.370. The average Bonchev–Trinajstić information content (AvgIpc) is 1.99. The van der Waals surface area contributed by atoms with Gasteiger partial charge in [-0.15, -0.1) is 0 Å². The molecule has 2 heteroatoms. The highest BCUT2D eigenvalue weighted by Crippen LogP contribution is 2.04. The Bertz CT molecular complexity index is 111. The number of nitrogens with one attached hydrogen (secondary N) is 1. The first-order chi connectivity index (χ1) is 4.30. The second-order valence-corrected chi connectivity index (χ2v) is 2.68. The van der Waals surface area contributed by atoms with Crippen LogP contribution in [0.5, 0.6) is 0 Å². The van der Waals surface area contributed by atoms with E-state index in [9.17, 15) is 4.79 Å². The van der Waals surface area contributed by atoms with Gasteiger partial charge in [-0.1, -0.05) is 6.92 Å². The minimum atomic E-state index is 0.243. The topological polar surface area (TPSA) is 29.1 Å². The van der Waals surface area contributed by atoms with Crippen molar-refractivity contribution < 1.29 is 4.79 Å². The smallest absolute Gasteiger partial charge is 0.137 e. The van der Waals surface area contributed by atoms with Gasteiger partial charge < -0.3 is 5.32 Å². The predicted molar refractivity (Wildman–Crippen MR) is 36.3 cm³/mol. The minimum absolute atomic E-state index is 0.243. The van der Waals surface area contributed by atoms with Crippen LogP contribution in [0.2, 0.25) is 0 Å². The van der Waals surface area contributed by atoms with E-state index in [1.165, 1.54) is 0 Å². The summed E-state index contributed by atoms with van der Waals surface area (Å²) >= 11 is 0. The van der Waals surface area contributed by atoms with Crippen LogP contribution < -0.4 is 5.32 Å². The van der Waals surface area contributed by atoms with Gasteiger partial charge in [0, 0.05) is 18.9 Å². The molecule has 0 aliphatic carbocycles. The zero-order valence-electron chi connectivity index (χ0n) is 5.81. The fourth-order valence-corrected chi connectivity index (χ4v) is 1.07. The van der Waals surface area contributed by atoms with E-state index in [1.54, 1.807) is 0 Å². The molecular formula is C7H13NO. The van der Waals surface area contributed by atoms with Crippen molar-refractivity contribution >= 4 is 5.78 Å². The third-order valence-electron chi connectivity index (χ3n) is 1.78. The SMILES string of the molecule is CC1CNCCCC1=O. The van der Waals surface area contributed by atoms with E-state index in [0.29, 0.717) is 5.78 Å². The van der Waals surface area contributed by atoms with E-state index in [0.717, 1.165) is 25.9 Å². The second kappa shape index (κ2) is 2.97. The molecule has 1 fully saturated rings. The van der Waals surface area contributed by atoms with Crippen molar-refractivity contribution in [3.63, 3.8) is 0 Å². The average molecular weight is 127 g/mol. The maximum absolute atomic E-state index is 11.0. The highest BCUT2D eigenvalue weighted by molar-refractivity contribution is 5.81. The molecule has 1 unspecified atom stereocenters. The van der Waals surface area contributed by atoms with E-state index < -0.39 is 0 Å². The number of carbonyl (C=O) groups excluding carboxylic acids is 1. The molecule has 0 saturated carbocycles. The maximum Gasteiger partial charge on any atom is 0.137 e. The number of rotatable bonds is 0. The summed E-state index contributed by atoms with van der Waals surface area (Å²) in [6.07, 6.45) is 1.79. The van der Waals surface area contributed by atoms with Gasteiger partial charge in [0.15, 0.2) is 0 Å². The Morgan fingerprint density at radius 2 is 2.44 bits per heavy atom. The molecule has 0 aromatic heterocycles. The molecule has 1 aliphatic heterocycles. The zero-order chi connectivity index (χ0) is 6.69. The van der Waals surface area contributed by atoms with Crippen molar-refractivity contribution in [1.29, 1.82) is 0 Å². The van der Waals surface area contributed by atoms with Gasteiger partial charge in [0.05, 0.1) is 0 Å². The molecular weight excluding hydrogens is 114 g/mol. The van der Waals surface area contributed by atoms with Crippen LogP contribution in [-0.2, 0) is 4.79 Å². The molecule has 9 heavy (non-hydrogen) atoms. The Morgan fingerprint density at radius 3 is 3.22 bits per heavy atom. The summed E-state index contributed by atoms with van der Waals surface area (Å²) in [6.45, 7) is 3.87. The lowest BCUT2D eigenvalue weighted by molar-refractivity contribution is -0.121. The van der Waals surface area contributed by atoms with E-state index >= 15 is 0 Å². The van der Waals surface area contributed by atoms with Crippen LogP contribution in [0, 0.1) is 5.92 Å². The lowest BCUT2D eigenvalue weighted by Gasteiger charge is -2.03. The largest absolute Gasteiger partial charge is 0.316 e. The summed E-state index contributed by atoms with van der Waals surface area (Å²) < 4.78 is 0. The normalized spacial score (nSPS) is 29.9. The van der Waals surface area contributed by atoms with E-state index in [4.69, 9.17) is 0 Å². The van der Waals surface area contributed by atoms with E-state index in [1.807, 2.05) is 6.92 Å². The van der Waals surface area contributed by atoms with Crippen molar-refractivity contribution in [2.75, 3.05) is 13.1 Å². The molecule has 0 bridgehead atoms. The lowest BCUT2D eigenvalue weighted by Crippen LogP contribution is -2.21. The van der Waals surface area contributed by atoms with Crippen LogP contribution >= 0.6 is 0 Å². The second-order valence-electron chi connectivity index (χ2n) is 2.68. The summed E-state index contributed by atoms with van der Waals surface area (Å²) in [5, 5.41) is 3.21. The highest BCUT2D eigenvalue weighted by Gasteiger charge is 2.14. The van der Waals surface area contributed by atoms with Crippen LogP contribution in [0.4, 0.5) is 0 Å². The summed E-state index contributed by atoms with van der Waals surface area (Å²) in [4.78, 5) is 11.0. The molecule has 1 heterocycles. The van der Waals surface area contributed by atoms with Crippen LogP contribution in [0.25, 0.3) is 0 Å². The summed E-state index contributed by atoms with van der Waals surface area (Å²) in [5.74, 6) is 0.660. The Morgan fingerprint density at radius 1 is 1.67 bits per heavy atom. The molecule has 1 saturated heterocycles. The molecule has 52 valence electrons. The summed E-state index contributed by atoms with van der Waals surface area (Å²) in [5.41, 5.74) is 0. The third-order valence-corrected chi connectivity index (χ3v) is 1.78. The van der Waals surface area contributed by atoms with Gasteiger partial charge in [-0.2, -0.15) is 0 Å². The Balaban J connectivity index is 2.41. The number of Topliss-reactive ketones (excluding diaryl/α,β-unsaturated/α-hetero) is 1. The van der Waals surface area contributed by atoms with Gasteiger partial charge in [-0.05, 0) is 13.0 Å². The van der Waals surface area contributed by atoms with Crippen molar-refractivity contribution in [2.45, 2.75) is 19.8 Å². The van der Waals surface area contributed by atoms with Gasteiger partial charge in [0.25, 0.3) is 0 Å². The van der Waals surface area contributed by atoms with Gasteiger partial charge in [0.2, 0.25) is 0 Å². The van der Waals surface area contributed by atoms with Crippen molar-refractivity contribution in [1.82, 2.24) is 5.32 Å². The first kappa shape index (κ1) is 6.75. The lowest BCUT2D eigenvalue weighted by atomic mass is 10.1. The molecule has 0 spiro atoms. The molecule has 0 amide bonds. The monoisotopic (exact) mass is 127 g/mol. The Kier molecular flexibility index (Phi) is 2.22. The number of ketones is 1. The first-order valence-electron chi connectivity index (χ1n) is 3.54. The standard InChI is InChI=1S/C7H13NO/c1-6-5-8-4-2-3-7(6)9/h6,8H,2-5H2,1H3. The predicted octanol–water partition coefficient (Wildman–Crippen LogP) is 0.575. The van der Waals surface area contributed by atoms with Crippen molar-refractivity contribution in [3.8, 4) is 0 Å². The quantitative estimate of drug-likeness (QED) is 0.515. The molecule has 1 rings (SSSR count). The van der Waals surface area contributed by atoms with Gasteiger partial charge in [-0.3, -0.25) is 4.79 Å². The fraction of sp³-hybridized carbons (Fsp3) is 0.857. The first-order valence-corrected chi connectivity index (χ1v) is 3.54. The van der Waals surface area contributed by atoms with Gasteiger partial charge in [-0.25, -0.2) is 0 Å². The molecule has 1 atom stereocenters.